The molecule has 0 aromatic heterocycles. The van der Waals surface area contributed by atoms with Crippen LogP contribution in [0.5, 0.6) is 0 Å². The Kier molecular flexibility index (Phi) is 12.0. The standard InChI is InChI=1S/C21H40O4Si/c1-8-16-24-20(23)17-19(22)15-13-11-9-10-12-14-18(2)25-26(6,7)21(3,4)5/h8,18H,1,9-17H2,2-7H3/t18-/m1/s1. The zero-order valence-corrected chi connectivity index (χ0v) is 18.9. The van der Waals surface area contributed by atoms with E-state index in [2.05, 4.69) is 47.4 Å². The maximum absolute atomic E-state index is 11.7. The molecule has 0 saturated heterocycles. The summed E-state index contributed by atoms with van der Waals surface area (Å²) in [4.78, 5) is 23.0. The average Bonchev–Trinajstić information content (AvgIpc) is 2.50. The molecule has 26 heavy (non-hydrogen) atoms. The number of rotatable bonds is 14. The lowest BCUT2D eigenvalue weighted by Gasteiger charge is -2.38. The summed E-state index contributed by atoms with van der Waals surface area (Å²) in [5.41, 5.74) is 0. The minimum Gasteiger partial charge on any atom is -0.461 e. The fraction of sp³-hybridized carbons (Fsp3) is 0.810. The predicted molar refractivity (Wildman–Crippen MR) is 111 cm³/mol. The van der Waals surface area contributed by atoms with Crippen molar-refractivity contribution < 1.29 is 18.8 Å². The van der Waals surface area contributed by atoms with Gasteiger partial charge in [0.15, 0.2) is 8.32 Å². The number of unbranched alkanes of at least 4 members (excludes halogenated alkanes) is 4. The molecule has 0 heterocycles. The molecule has 4 nitrogen and oxygen atoms in total. The highest BCUT2D eigenvalue weighted by atomic mass is 28.4. The van der Waals surface area contributed by atoms with Crippen LogP contribution in [0, 0.1) is 0 Å². The van der Waals surface area contributed by atoms with Crippen molar-refractivity contribution >= 4 is 20.1 Å². The first-order valence-corrected chi connectivity index (χ1v) is 12.9. The Bertz CT molecular complexity index is 438. The molecule has 0 rings (SSSR count). The van der Waals surface area contributed by atoms with Gasteiger partial charge in [0.2, 0.25) is 0 Å². The summed E-state index contributed by atoms with van der Waals surface area (Å²) in [6.45, 7) is 17.2. The summed E-state index contributed by atoms with van der Waals surface area (Å²) in [7, 11) is -1.66. The highest BCUT2D eigenvalue weighted by Crippen LogP contribution is 2.37. The molecule has 5 heteroatoms. The zero-order valence-electron chi connectivity index (χ0n) is 17.9. The van der Waals surface area contributed by atoms with E-state index < -0.39 is 14.3 Å². The van der Waals surface area contributed by atoms with Crippen LogP contribution in [0.25, 0.3) is 0 Å². The SMILES string of the molecule is C=CCOC(=O)CC(=O)CCCCCCC[C@@H](C)O[Si](C)(C)C(C)(C)C. The van der Waals surface area contributed by atoms with Gasteiger partial charge in [-0.3, -0.25) is 9.59 Å². The summed E-state index contributed by atoms with van der Waals surface area (Å²) >= 11 is 0. The number of ketones is 1. The Hall–Kier alpha value is -0.943. The molecule has 1 atom stereocenters. The number of hydrogen-bond donors (Lipinski definition) is 0. The number of esters is 1. The number of ether oxygens (including phenoxy) is 1. The molecule has 0 aromatic carbocycles. The van der Waals surface area contributed by atoms with Crippen LogP contribution in [0.3, 0.4) is 0 Å². The van der Waals surface area contributed by atoms with E-state index in [1.807, 2.05) is 0 Å². The van der Waals surface area contributed by atoms with E-state index in [1.54, 1.807) is 0 Å². The van der Waals surface area contributed by atoms with Gasteiger partial charge in [0.1, 0.15) is 18.8 Å². The van der Waals surface area contributed by atoms with E-state index in [0.29, 0.717) is 12.5 Å². The highest BCUT2D eigenvalue weighted by molar-refractivity contribution is 6.74. The summed E-state index contributed by atoms with van der Waals surface area (Å²) in [5.74, 6) is -0.485. The van der Waals surface area contributed by atoms with Crippen LogP contribution >= 0.6 is 0 Å². The molecular formula is C21H40O4Si. The largest absolute Gasteiger partial charge is 0.461 e. The normalized spacial score (nSPS) is 13.3. The van der Waals surface area contributed by atoms with E-state index in [0.717, 1.165) is 32.1 Å². The molecule has 0 aliphatic rings. The monoisotopic (exact) mass is 384 g/mol. The third-order valence-electron chi connectivity index (χ3n) is 5.07. The fourth-order valence-corrected chi connectivity index (χ4v) is 3.95. The minimum atomic E-state index is -1.66. The van der Waals surface area contributed by atoms with Gasteiger partial charge in [-0.15, -0.1) is 0 Å². The minimum absolute atomic E-state index is 0.0320. The van der Waals surface area contributed by atoms with E-state index in [-0.39, 0.29) is 23.8 Å². The molecule has 0 fully saturated rings. The van der Waals surface area contributed by atoms with Gasteiger partial charge in [-0.25, -0.2) is 0 Å². The molecule has 0 spiro atoms. The lowest BCUT2D eigenvalue weighted by Crippen LogP contribution is -2.43. The van der Waals surface area contributed by atoms with Crippen molar-refractivity contribution in [3.05, 3.63) is 12.7 Å². The van der Waals surface area contributed by atoms with Gasteiger partial charge in [0.25, 0.3) is 0 Å². The Balaban J connectivity index is 3.71. The maximum Gasteiger partial charge on any atom is 0.313 e. The molecule has 0 amide bonds. The second-order valence-corrected chi connectivity index (χ2v) is 13.4. The van der Waals surface area contributed by atoms with Gasteiger partial charge in [-0.1, -0.05) is 59.1 Å². The summed E-state index contributed by atoms with van der Waals surface area (Å²) in [6.07, 6.45) is 8.61. The first-order chi connectivity index (χ1) is 12.0. The average molecular weight is 385 g/mol. The first-order valence-electron chi connectivity index (χ1n) is 9.95. The maximum atomic E-state index is 11.7. The lowest BCUT2D eigenvalue weighted by molar-refractivity contribution is -0.144. The third kappa shape index (κ3) is 11.6. The van der Waals surface area contributed by atoms with Gasteiger partial charge in [-0.2, -0.15) is 0 Å². The molecule has 0 N–H and O–H groups in total. The van der Waals surface area contributed by atoms with Crippen LogP contribution < -0.4 is 0 Å². The van der Waals surface area contributed by atoms with Crippen LogP contribution in [0.2, 0.25) is 18.1 Å². The summed E-state index contributed by atoms with van der Waals surface area (Å²) in [6, 6.07) is 0. The van der Waals surface area contributed by atoms with E-state index in [1.165, 1.54) is 12.5 Å². The van der Waals surface area contributed by atoms with E-state index in [9.17, 15) is 9.59 Å². The van der Waals surface area contributed by atoms with Crippen LogP contribution in [0.15, 0.2) is 12.7 Å². The van der Waals surface area contributed by atoms with Crippen molar-refractivity contribution in [3.63, 3.8) is 0 Å². The van der Waals surface area contributed by atoms with Gasteiger partial charge in [-0.05, 0) is 37.9 Å². The van der Waals surface area contributed by atoms with Gasteiger partial charge in [0, 0.05) is 12.5 Å². The smallest absolute Gasteiger partial charge is 0.313 e. The Morgan fingerprint density at radius 1 is 1.08 bits per heavy atom. The molecule has 0 bridgehead atoms. The number of carbonyl (C=O) groups excluding carboxylic acids is 2. The molecule has 0 unspecified atom stereocenters. The summed E-state index contributed by atoms with van der Waals surface area (Å²) in [5, 5.41) is 0.256. The van der Waals surface area contributed by atoms with Gasteiger partial charge >= 0.3 is 5.97 Å². The lowest BCUT2D eigenvalue weighted by atomic mass is 10.1. The highest BCUT2D eigenvalue weighted by Gasteiger charge is 2.38. The van der Waals surface area contributed by atoms with Crippen molar-refractivity contribution in [2.45, 2.75) is 103 Å². The molecule has 0 radical (unpaired) electrons. The van der Waals surface area contributed by atoms with Crippen molar-refractivity contribution in [2.75, 3.05) is 6.61 Å². The topological polar surface area (TPSA) is 52.6 Å². The van der Waals surface area contributed by atoms with E-state index >= 15 is 0 Å². The van der Waals surface area contributed by atoms with Crippen LogP contribution in [-0.2, 0) is 18.8 Å². The second kappa shape index (κ2) is 12.4. The molecule has 152 valence electrons. The van der Waals surface area contributed by atoms with Crippen LogP contribution in [0.4, 0.5) is 0 Å². The fourth-order valence-electron chi connectivity index (χ4n) is 2.48. The Morgan fingerprint density at radius 3 is 2.23 bits per heavy atom. The predicted octanol–water partition coefficient (Wildman–Crippen LogP) is 5.82. The number of carbonyl (C=O) groups is 2. The summed E-state index contributed by atoms with van der Waals surface area (Å²) < 4.78 is 11.2. The van der Waals surface area contributed by atoms with E-state index in [4.69, 9.17) is 9.16 Å². The zero-order chi connectivity index (χ0) is 20.2. The molecule has 0 aliphatic carbocycles. The van der Waals surface area contributed by atoms with Gasteiger partial charge in [0.05, 0.1) is 0 Å². The first kappa shape index (κ1) is 25.1. The Morgan fingerprint density at radius 2 is 1.65 bits per heavy atom. The second-order valence-electron chi connectivity index (χ2n) is 8.68. The van der Waals surface area contributed by atoms with Crippen molar-refractivity contribution in [2.24, 2.45) is 0 Å². The van der Waals surface area contributed by atoms with Crippen molar-refractivity contribution in [1.29, 1.82) is 0 Å². The number of Topliss-reactive ketones (excluding diaryl/α,β-unsaturated/α-hetero) is 1. The van der Waals surface area contributed by atoms with Crippen LogP contribution in [0.1, 0.15) is 79.1 Å². The van der Waals surface area contributed by atoms with Crippen molar-refractivity contribution in [1.82, 2.24) is 0 Å². The molecular weight excluding hydrogens is 344 g/mol. The molecule has 0 aromatic rings. The van der Waals surface area contributed by atoms with Crippen molar-refractivity contribution in [3.8, 4) is 0 Å². The van der Waals surface area contributed by atoms with Crippen LogP contribution in [-0.4, -0.2) is 32.8 Å². The quantitative estimate of drug-likeness (QED) is 0.125. The molecule has 0 aliphatic heterocycles. The Labute approximate surface area is 161 Å². The van der Waals surface area contributed by atoms with Gasteiger partial charge < -0.3 is 9.16 Å². The third-order valence-corrected chi connectivity index (χ3v) is 9.68. The number of hydrogen-bond acceptors (Lipinski definition) is 4. The molecule has 0 saturated carbocycles.